The molecule has 0 aromatic heterocycles. The van der Waals surface area contributed by atoms with E-state index in [4.69, 9.17) is 14.2 Å². The van der Waals surface area contributed by atoms with Crippen molar-refractivity contribution < 1.29 is 14.2 Å². The quantitative estimate of drug-likeness (QED) is 0.511. The molecule has 0 heterocycles. The van der Waals surface area contributed by atoms with Gasteiger partial charge in [0.25, 0.3) is 0 Å². The van der Waals surface area contributed by atoms with Crippen molar-refractivity contribution >= 4 is 0 Å². The smallest absolute Gasteiger partial charge is 0.160 e. The first-order valence-corrected chi connectivity index (χ1v) is 6.63. The Labute approximate surface area is 100 Å². The molecular weight excluding hydrogens is 204 g/mol. The molecule has 16 heavy (non-hydrogen) atoms. The molecule has 0 aromatic carbocycles. The fraction of sp³-hybridized carbons (Fsp3) is 1.00. The SMILES string of the molecule is CCCCC(CC(OCC)OCC)OCC. The van der Waals surface area contributed by atoms with E-state index in [0.717, 1.165) is 19.4 Å². The first-order valence-electron chi connectivity index (χ1n) is 6.63. The number of rotatable bonds is 11. The van der Waals surface area contributed by atoms with Gasteiger partial charge >= 0.3 is 0 Å². The van der Waals surface area contributed by atoms with Crippen LogP contribution in [0, 0.1) is 0 Å². The van der Waals surface area contributed by atoms with Crippen LogP contribution < -0.4 is 0 Å². The van der Waals surface area contributed by atoms with E-state index in [0.29, 0.717) is 13.2 Å². The lowest BCUT2D eigenvalue weighted by Crippen LogP contribution is -2.26. The highest BCUT2D eigenvalue weighted by molar-refractivity contribution is 4.61. The van der Waals surface area contributed by atoms with Gasteiger partial charge in [-0.25, -0.2) is 0 Å². The molecule has 0 spiro atoms. The topological polar surface area (TPSA) is 27.7 Å². The molecule has 98 valence electrons. The summed E-state index contributed by atoms with van der Waals surface area (Å²) in [6, 6.07) is 0. The van der Waals surface area contributed by atoms with Gasteiger partial charge in [-0.15, -0.1) is 0 Å². The number of ether oxygens (including phenoxy) is 3. The monoisotopic (exact) mass is 232 g/mol. The predicted molar refractivity (Wildman–Crippen MR) is 66.6 cm³/mol. The molecule has 0 bridgehead atoms. The molecule has 0 rings (SSSR count). The molecule has 0 fully saturated rings. The molecule has 3 heteroatoms. The minimum atomic E-state index is -0.108. The van der Waals surface area contributed by atoms with Crippen LogP contribution in [0.5, 0.6) is 0 Å². The highest BCUT2D eigenvalue weighted by atomic mass is 16.7. The van der Waals surface area contributed by atoms with Gasteiger partial charge in [-0.2, -0.15) is 0 Å². The highest BCUT2D eigenvalue weighted by Gasteiger charge is 2.16. The summed E-state index contributed by atoms with van der Waals surface area (Å²) in [4.78, 5) is 0. The van der Waals surface area contributed by atoms with Crippen LogP contribution in [0.15, 0.2) is 0 Å². The van der Waals surface area contributed by atoms with Crippen molar-refractivity contribution in [2.24, 2.45) is 0 Å². The summed E-state index contributed by atoms with van der Waals surface area (Å²) in [6.07, 6.45) is 4.51. The van der Waals surface area contributed by atoms with Gasteiger partial charge in [0.2, 0.25) is 0 Å². The van der Waals surface area contributed by atoms with Crippen molar-refractivity contribution in [3.05, 3.63) is 0 Å². The summed E-state index contributed by atoms with van der Waals surface area (Å²) < 4.78 is 16.8. The number of unbranched alkanes of at least 4 members (excludes halogenated alkanes) is 1. The zero-order valence-electron chi connectivity index (χ0n) is 11.3. The largest absolute Gasteiger partial charge is 0.378 e. The summed E-state index contributed by atoms with van der Waals surface area (Å²) in [5.74, 6) is 0. The Hall–Kier alpha value is -0.120. The third-order valence-corrected chi connectivity index (χ3v) is 2.44. The third kappa shape index (κ3) is 8.08. The zero-order chi connectivity index (χ0) is 12.2. The van der Waals surface area contributed by atoms with E-state index in [9.17, 15) is 0 Å². The lowest BCUT2D eigenvalue weighted by atomic mass is 10.1. The minimum Gasteiger partial charge on any atom is -0.378 e. The third-order valence-electron chi connectivity index (χ3n) is 2.44. The fourth-order valence-electron chi connectivity index (χ4n) is 1.71. The van der Waals surface area contributed by atoms with Crippen molar-refractivity contribution in [3.63, 3.8) is 0 Å². The molecule has 0 radical (unpaired) electrons. The summed E-state index contributed by atoms with van der Waals surface area (Å²) in [5.41, 5.74) is 0. The van der Waals surface area contributed by atoms with Crippen molar-refractivity contribution in [2.45, 2.75) is 65.8 Å². The Kier molecular flexibility index (Phi) is 11.3. The van der Waals surface area contributed by atoms with Crippen LogP contribution in [-0.4, -0.2) is 32.2 Å². The standard InChI is InChI=1S/C13H28O3/c1-5-9-10-12(14-6-2)11-13(15-7-3)16-8-4/h12-13H,5-11H2,1-4H3. The van der Waals surface area contributed by atoms with E-state index in [1.54, 1.807) is 0 Å². The lowest BCUT2D eigenvalue weighted by Gasteiger charge is -2.23. The molecule has 0 saturated carbocycles. The zero-order valence-corrected chi connectivity index (χ0v) is 11.3. The van der Waals surface area contributed by atoms with E-state index >= 15 is 0 Å². The molecule has 3 nitrogen and oxygen atoms in total. The van der Waals surface area contributed by atoms with Gasteiger partial charge in [-0.3, -0.25) is 0 Å². The number of hydrogen-bond acceptors (Lipinski definition) is 3. The summed E-state index contributed by atoms with van der Waals surface area (Å²) in [7, 11) is 0. The second kappa shape index (κ2) is 11.4. The summed E-state index contributed by atoms with van der Waals surface area (Å²) in [5, 5.41) is 0. The van der Waals surface area contributed by atoms with Gasteiger partial charge in [0.15, 0.2) is 6.29 Å². The highest BCUT2D eigenvalue weighted by Crippen LogP contribution is 2.14. The Morgan fingerprint density at radius 2 is 1.38 bits per heavy atom. The fourth-order valence-corrected chi connectivity index (χ4v) is 1.71. The number of hydrogen-bond donors (Lipinski definition) is 0. The average Bonchev–Trinajstić information content (AvgIpc) is 2.27. The van der Waals surface area contributed by atoms with E-state index in [-0.39, 0.29) is 12.4 Å². The van der Waals surface area contributed by atoms with Crippen LogP contribution >= 0.6 is 0 Å². The predicted octanol–water partition coefficient (Wildman–Crippen LogP) is 3.37. The van der Waals surface area contributed by atoms with Gasteiger partial charge in [-0.05, 0) is 27.2 Å². The van der Waals surface area contributed by atoms with Crippen LogP contribution in [0.3, 0.4) is 0 Å². The van der Waals surface area contributed by atoms with Gasteiger partial charge in [0, 0.05) is 26.2 Å². The Bertz CT molecular complexity index is 133. The average molecular weight is 232 g/mol. The lowest BCUT2D eigenvalue weighted by molar-refractivity contribution is -0.157. The summed E-state index contributed by atoms with van der Waals surface area (Å²) >= 11 is 0. The first-order chi connectivity index (χ1) is 7.78. The first kappa shape index (κ1) is 15.9. The molecule has 0 aliphatic rings. The van der Waals surface area contributed by atoms with Crippen LogP contribution in [0.25, 0.3) is 0 Å². The van der Waals surface area contributed by atoms with Gasteiger partial charge in [0.1, 0.15) is 0 Å². The van der Waals surface area contributed by atoms with Crippen molar-refractivity contribution in [1.82, 2.24) is 0 Å². The maximum atomic E-state index is 5.71. The van der Waals surface area contributed by atoms with Crippen LogP contribution in [0.2, 0.25) is 0 Å². The molecule has 1 atom stereocenters. The minimum absolute atomic E-state index is 0.108. The molecular formula is C13H28O3. The van der Waals surface area contributed by atoms with E-state index in [2.05, 4.69) is 6.92 Å². The van der Waals surface area contributed by atoms with E-state index < -0.39 is 0 Å². The molecule has 0 N–H and O–H groups in total. The van der Waals surface area contributed by atoms with Gasteiger partial charge in [-0.1, -0.05) is 19.8 Å². The molecule has 0 aliphatic carbocycles. The molecule has 1 unspecified atom stereocenters. The van der Waals surface area contributed by atoms with Gasteiger partial charge in [0.05, 0.1) is 6.10 Å². The van der Waals surface area contributed by atoms with E-state index in [1.165, 1.54) is 12.8 Å². The van der Waals surface area contributed by atoms with Crippen LogP contribution in [0.4, 0.5) is 0 Å². The van der Waals surface area contributed by atoms with Crippen molar-refractivity contribution in [2.75, 3.05) is 19.8 Å². The molecule has 0 amide bonds. The molecule has 0 aromatic rings. The van der Waals surface area contributed by atoms with Crippen LogP contribution in [0.1, 0.15) is 53.4 Å². The van der Waals surface area contributed by atoms with E-state index in [1.807, 2.05) is 20.8 Å². The Morgan fingerprint density at radius 1 is 0.812 bits per heavy atom. The maximum absolute atomic E-state index is 5.71. The van der Waals surface area contributed by atoms with Crippen molar-refractivity contribution in [1.29, 1.82) is 0 Å². The molecule has 0 aliphatic heterocycles. The van der Waals surface area contributed by atoms with Crippen molar-refractivity contribution in [3.8, 4) is 0 Å². The molecule has 0 saturated heterocycles. The normalized spacial score (nSPS) is 13.3. The second-order valence-electron chi connectivity index (χ2n) is 3.80. The Morgan fingerprint density at radius 3 is 1.81 bits per heavy atom. The summed E-state index contributed by atoms with van der Waals surface area (Å²) in [6.45, 7) is 10.4. The Balaban J connectivity index is 3.98. The maximum Gasteiger partial charge on any atom is 0.160 e. The second-order valence-corrected chi connectivity index (χ2v) is 3.80. The van der Waals surface area contributed by atoms with Crippen LogP contribution in [-0.2, 0) is 14.2 Å². The van der Waals surface area contributed by atoms with Gasteiger partial charge < -0.3 is 14.2 Å².